The van der Waals surface area contributed by atoms with Crippen molar-refractivity contribution in [1.29, 1.82) is 0 Å². The topological polar surface area (TPSA) is 8.81 Å². The number of aromatic nitrogens is 2. The van der Waals surface area contributed by atoms with Crippen LogP contribution in [0.1, 0.15) is 44.5 Å². The smallest absolute Gasteiger partial charge is 0.225 e. The highest BCUT2D eigenvalue weighted by atomic mass is 15.2. The number of para-hydroxylation sites is 1. The zero-order valence-electron chi connectivity index (χ0n) is 19.4. The number of fused-ring (bicyclic) bond motifs is 3. The zero-order valence-corrected chi connectivity index (χ0v) is 19.4. The molecule has 1 heterocycles. The fourth-order valence-corrected chi connectivity index (χ4v) is 5.36. The Morgan fingerprint density at radius 2 is 1.32 bits per heavy atom. The lowest BCUT2D eigenvalue weighted by molar-refractivity contribution is -0.648. The van der Waals surface area contributed by atoms with Gasteiger partial charge < -0.3 is 0 Å². The predicted molar refractivity (Wildman–Crippen MR) is 129 cm³/mol. The SMILES string of the molecule is Cc1cccc2c1-c1c(n(-c3ccccc3)c(-c3ccccc3)[n+]1C)C(C)(C)C2(C)C. The van der Waals surface area contributed by atoms with Gasteiger partial charge in [0.25, 0.3) is 5.82 Å². The molecular weight excluding hydrogens is 376 g/mol. The molecule has 31 heavy (non-hydrogen) atoms. The molecule has 0 saturated heterocycles. The molecule has 3 aromatic carbocycles. The van der Waals surface area contributed by atoms with Gasteiger partial charge in [-0.25, -0.2) is 4.57 Å². The Balaban J connectivity index is 2.02. The van der Waals surface area contributed by atoms with Gasteiger partial charge in [0.15, 0.2) is 11.4 Å². The molecule has 0 fully saturated rings. The van der Waals surface area contributed by atoms with E-state index in [0.29, 0.717) is 0 Å². The Hall–Kier alpha value is -3.13. The van der Waals surface area contributed by atoms with E-state index in [0.717, 1.165) is 0 Å². The maximum atomic E-state index is 2.50. The minimum Gasteiger partial charge on any atom is -0.225 e. The van der Waals surface area contributed by atoms with Crippen LogP contribution < -0.4 is 4.57 Å². The average Bonchev–Trinajstić information content (AvgIpc) is 3.07. The molecule has 2 heteroatoms. The van der Waals surface area contributed by atoms with Crippen LogP contribution >= 0.6 is 0 Å². The van der Waals surface area contributed by atoms with E-state index >= 15 is 0 Å². The molecule has 5 rings (SSSR count). The summed E-state index contributed by atoms with van der Waals surface area (Å²) in [4.78, 5) is 0. The van der Waals surface area contributed by atoms with E-state index in [-0.39, 0.29) is 10.8 Å². The average molecular weight is 408 g/mol. The number of aryl methyl sites for hydroxylation is 1. The first-order valence-corrected chi connectivity index (χ1v) is 11.1. The fourth-order valence-electron chi connectivity index (χ4n) is 5.36. The van der Waals surface area contributed by atoms with E-state index in [4.69, 9.17) is 0 Å². The summed E-state index contributed by atoms with van der Waals surface area (Å²) in [6, 6.07) is 28.4. The second kappa shape index (κ2) is 6.68. The van der Waals surface area contributed by atoms with Gasteiger partial charge in [0.05, 0.1) is 12.6 Å². The molecule has 1 aliphatic carbocycles. The summed E-state index contributed by atoms with van der Waals surface area (Å²) in [7, 11) is 2.23. The maximum absolute atomic E-state index is 2.50. The highest BCUT2D eigenvalue weighted by Gasteiger charge is 2.54. The molecule has 0 spiro atoms. The van der Waals surface area contributed by atoms with Crippen molar-refractivity contribution in [2.75, 3.05) is 0 Å². The molecule has 1 aromatic heterocycles. The lowest BCUT2D eigenvalue weighted by atomic mass is 9.57. The van der Waals surface area contributed by atoms with Crippen molar-refractivity contribution in [2.45, 2.75) is 45.4 Å². The summed E-state index contributed by atoms with van der Waals surface area (Å²) in [5.41, 5.74) is 9.21. The van der Waals surface area contributed by atoms with Gasteiger partial charge in [-0.2, -0.15) is 4.57 Å². The van der Waals surface area contributed by atoms with Crippen molar-refractivity contribution in [2.24, 2.45) is 7.05 Å². The van der Waals surface area contributed by atoms with E-state index in [2.05, 4.69) is 130 Å². The molecule has 0 bridgehead atoms. The molecule has 1 aliphatic rings. The van der Waals surface area contributed by atoms with E-state index in [1.165, 1.54) is 45.2 Å². The Labute approximate surface area is 185 Å². The van der Waals surface area contributed by atoms with Crippen LogP contribution in [0.15, 0.2) is 78.9 Å². The highest BCUT2D eigenvalue weighted by molar-refractivity contribution is 5.77. The molecule has 0 saturated carbocycles. The molecule has 0 unspecified atom stereocenters. The van der Waals surface area contributed by atoms with Crippen LogP contribution in [0, 0.1) is 6.92 Å². The normalized spacial score (nSPS) is 15.9. The van der Waals surface area contributed by atoms with Crippen molar-refractivity contribution in [3.8, 4) is 28.3 Å². The second-order valence-corrected chi connectivity index (χ2v) is 9.86. The van der Waals surface area contributed by atoms with Gasteiger partial charge in [-0.05, 0) is 42.3 Å². The highest BCUT2D eigenvalue weighted by Crippen LogP contribution is 2.55. The summed E-state index contributed by atoms with van der Waals surface area (Å²) in [5, 5.41) is 0. The van der Waals surface area contributed by atoms with E-state index < -0.39 is 0 Å². The van der Waals surface area contributed by atoms with Crippen LogP contribution in [0.25, 0.3) is 28.3 Å². The molecular formula is C29H31N2+. The van der Waals surface area contributed by atoms with Gasteiger partial charge in [0.1, 0.15) is 5.69 Å². The van der Waals surface area contributed by atoms with E-state index in [1.807, 2.05) is 0 Å². The minimum absolute atomic E-state index is 0.0206. The summed E-state index contributed by atoms with van der Waals surface area (Å²) < 4.78 is 4.92. The number of rotatable bonds is 2. The van der Waals surface area contributed by atoms with Crippen molar-refractivity contribution in [1.82, 2.24) is 4.57 Å². The van der Waals surface area contributed by atoms with Gasteiger partial charge in [0.2, 0.25) is 0 Å². The first kappa shape index (κ1) is 19.8. The molecule has 0 radical (unpaired) electrons. The molecule has 4 aromatic rings. The lowest BCUT2D eigenvalue weighted by Crippen LogP contribution is -2.46. The zero-order chi connectivity index (χ0) is 22.0. The summed E-state index contributed by atoms with van der Waals surface area (Å²) in [6.07, 6.45) is 0. The summed E-state index contributed by atoms with van der Waals surface area (Å²) in [6.45, 7) is 11.9. The summed E-state index contributed by atoms with van der Waals surface area (Å²) in [5.74, 6) is 1.22. The van der Waals surface area contributed by atoms with E-state index in [9.17, 15) is 0 Å². The standard InChI is InChI=1S/C29H31N2/c1-20-14-13-19-23-24(20)25-26(29(4,5)28(23,2)3)31(22-17-11-8-12-18-22)27(30(25)6)21-15-9-7-10-16-21/h7-19H,1-6H3/q+1. The summed E-state index contributed by atoms with van der Waals surface area (Å²) >= 11 is 0. The number of hydrogen-bond donors (Lipinski definition) is 0. The monoisotopic (exact) mass is 407 g/mol. The molecule has 0 N–H and O–H groups in total. The van der Waals surface area contributed by atoms with Crippen LogP contribution in [-0.4, -0.2) is 4.57 Å². The van der Waals surface area contributed by atoms with Gasteiger partial charge in [-0.3, -0.25) is 0 Å². The third kappa shape index (κ3) is 2.61. The molecule has 0 amide bonds. The van der Waals surface area contributed by atoms with E-state index in [1.54, 1.807) is 0 Å². The van der Waals surface area contributed by atoms with Crippen molar-refractivity contribution < 1.29 is 4.57 Å². The second-order valence-electron chi connectivity index (χ2n) is 9.86. The van der Waals surface area contributed by atoms with Crippen LogP contribution in [0.5, 0.6) is 0 Å². The molecule has 0 aliphatic heterocycles. The van der Waals surface area contributed by atoms with Crippen molar-refractivity contribution in [3.63, 3.8) is 0 Å². The fraction of sp³-hybridized carbons (Fsp3) is 0.276. The van der Waals surface area contributed by atoms with Crippen LogP contribution in [-0.2, 0) is 17.9 Å². The minimum atomic E-state index is -0.0796. The Bertz CT molecular complexity index is 1280. The van der Waals surface area contributed by atoms with Gasteiger partial charge in [-0.15, -0.1) is 0 Å². The Kier molecular flexibility index (Phi) is 4.27. The quantitative estimate of drug-likeness (QED) is 0.335. The number of nitrogens with zero attached hydrogens (tertiary/aromatic N) is 2. The number of hydrogen-bond acceptors (Lipinski definition) is 0. The first-order valence-electron chi connectivity index (χ1n) is 11.1. The van der Waals surface area contributed by atoms with Gasteiger partial charge in [-0.1, -0.05) is 82.3 Å². The number of benzene rings is 3. The largest absolute Gasteiger partial charge is 0.294 e. The Morgan fingerprint density at radius 3 is 1.97 bits per heavy atom. The lowest BCUT2D eigenvalue weighted by Gasteiger charge is -2.45. The van der Waals surface area contributed by atoms with Crippen LogP contribution in [0.4, 0.5) is 0 Å². The van der Waals surface area contributed by atoms with Gasteiger partial charge in [0, 0.05) is 16.4 Å². The van der Waals surface area contributed by atoms with Crippen LogP contribution in [0.3, 0.4) is 0 Å². The van der Waals surface area contributed by atoms with Gasteiger partial charge >= 0.3 is 0 Å². The first-order chi connectivity index (χ1) is 14.8. The maximum Gasteiger partial charge on any atom is 0.294 e. The Morgan fingerprint density at radius 1 is 0.710 bits per heavy atom. The van der Waals surface area contributed by atoms with Crippen molar-refractivity contribution >= 4 is 0 Å². The van der Waals surface area contributed by atoms with Crippen LogP contribution in [0.2, 0.25) is 0 Å². The molecule has 2 nitrogen and oxygen atoms in total. The predicted octanol–water partition coefficient (Wildman–Crippen LogP) is 6.51. The third-order valence-electron chi connectivity index (χ3n) is 7.70. The third-order valence-corrected chi connectivity index (χ3v) is 7.70. The van der Waals surface area contributed by atoms with Crippen molar-refractivity contribution in [3.05, 3.63) is 95.7 Å². The molecule has 0 atom stereocenters. The number of imidazole rings is 1. The molecule has 156 valence electrons.